The van der Waals surface area contributed by atoms with Gasteiger partial charge in [-0.05, 0) is 49.5 Å². The number of rotatable bonds is 3. The molecule has 26 heavy (non-hydrogen) atoms. The molecular formula is C17H18ClN3OS4. The Bertz CT molecular complexity index is 856. The number of amides is 1. The van der Waals surface area contributed by atoms with Crippen molar-refractivity contribution in [2.24, 2.45) is 0 Å². The number of pyridine rings is 1. The van der Waals surface area contributed by atoms with Crippen LogP contribution >= 0.6 is 62.1 Å². The predicted molar refractivity (Wildman–Crippen MR) is 117 cm³/mol. The van der Waals surface area contributed by atoms with Gasteiger partial charge in [-0.1, -0.05) is 11.6 Å². The number of aromatic nitrogens is 1. The summed E-state index contributed by atoms with van der Waals surface area (Å²) in [7, 11) is 0. The minimum absolute atomic E-state index is 0.255. The molecule has 4 nitrogen and oxygen atoms in total. The summed E-state index contributed by atoms with van der Waals surface area (Å²) in [4.78, 5) is 19.2. The number of nitrogens with zero attached hydrogens (tertiary/aromatic N) is 1. The summed E-state index contributed by atoms with van der Waals surface area (Å²) in [6.45, 7) is 1.83. The van der Waals surface area contributed by atoms with E-state index in [1.165, 1.54) is 12.3 Å². The Hall–Kier alpha value is -0.510. The van der Waals surface area contributed by atoms with Gasteiger partial charge >= 0.3 is 0 Å². The minimum atomic E-state index is -0.285. The predicted octanol–water partition coefficient (Wildman–Crippen LogP) is 4.61. The Balaban J connectivity index is 2.05. The third-order valence-corrected chi connectivity index (χ3v) is 6.95. The van der Waals surface area contributed by atoms with Crippen molar-refractivity contribution in [1.29, 1.82) is 0 Å². The van der Waals surface area contributed by atoms with E-state index in [1.807, 2.05) is 0 Å². The van der Waals surface area contributed by atoms with Gasteiger partial charge in [-0.25, -0.2) is 4.98 Å². The number of thiol groups is 4. The zero-order valence-corrected chi connectivity index (χ0v) is 18.0. The second-order valence-electron chi connectivity index (χ2n) is 6.03. The van der Waals surface area contributed by atoms with Crippen LogP contribution < -0.4 is 10.6 Å². The van der Waals surface area contributed by atoms with Crippen molar-refractivity contribution in [3.8, 4) is 0 Å². The highest BCUT2D eigenvalue weighted by Crippen LogP contribution is 2.46. The van der Waals surface area contributed by atoms with E-state index < -0.39 is 0 Å². The van der Waals surface area contributed by atoms with Crippen LogP contribution in [-0.4, -0.2) is 24.0 Å². The molecule has 1 aromatic heterocycles. The maximum absolute atomic E-state index is 12.7. The van der Waals surface area contributed by atoms with Crippen molar-refractivity contribution in [2.45, 2.75) is 38.3 Å². The standard InChI is InChI=1S/C17H18ClN3OS4/c18-10-7-9(3-6-20-10)17(22)21-12-11(8-1-4-19-5-2-8)13(23)15(25)16(26)14(12)24/h3,6-8,19,23-26H,1-2,4-5H2,(H,21,22). The molecule has 1 amide bonds. The highest BCUT2D eigenvalue weighted by atomic mass is 35.5. The van der Waals surface area contributed by atoms with E-state index in [0.717, 1.165) is 36.4 Å². The molecule has 2 aromatic rings. The van der Waals surface area contributed by atoms with E-state index in [4.69, 9.17) is 11.6 Å². The van der Waals surface area contributed by atoms with Crippen LogP contribution in [-0.2, 0) is 0 Å². The second-order valence-corrected chi connectivity index (χ2v) is 8.20. The number of benzene rings is 1. The topological polar surface area (TPSA) is 54.0 Å². The number of hydrogen-bond donors (Lipinski definition) is 6. The summed E-state index contributed by atoms with van der Waals surface area (Å²) in [6, 6.07) is 3.13. The minimum Gasteiger partial charge on any atom is -0.321 e. The van der Waals surface area contributed by atoms with E-state index in [-0.39, 0.29) is 17.0 Å². The third kappa shape index (κ3) is 4.15. The Morgan fingerprint density at radius 2 is 1.77 bits per heavy atom. The van der Waals surface area contributed by atoms with E-state index in [9.17, 15) is 4.79 Å². The number of hydrogen-bond acceptors (Lipinski definition) is 7. The van der Waals surface area contributed by atoms with E-state index in [2.05, 4.69) is 66.1 Å². The molecule has 0 saturated carbocycles. The molecular weight excluding hydrogens is 426 g/mol. The molecule has 0 bridgehead atoms. The summed E-state index contributed by atoms with van der Waals surface area (Å²) in [6.07, 6.45) is 3.39. The van der Waals surface area contributed by atoms with E-state index >= 15 is 0 Å². The highest BCUT2D eigenvalue weighted by Gasteiger charge is 2.26. The Morgan fingerprint density at radius 3 is 2.42 bits per heavy atom. The molecule has 0 atom stereocenters. The molecule has 0 radical (unpaired) electrons. The number of carbonyl (C=O) groups excluding carboxylic acids is 1. The van der Waals surface area contributed by atoms with Gasteiger partial charge < -0.3 is 10.6 Å². The van der Waals surface area contributed by atoms with Crippen molar-refractivity contribution >= 4 is 73.7 Å². The van der Waals surface area contributed by atoms with Crippen LogP contribution in [0.4, 0.5) is 5.69 Å². The van der Waals surface area contributed by atoms with Gasteiger partial charge in [-0.3, -0.25) is 4.79 Å². The monoisotopic (exact) mass is 443 g/mol. The highest BCUT2D eigenvalue weighted by molar-refractivity contribution is 7.86. The summed E-state index contributed by atoms with van der Waals surface area (Å²) in [5.74, 6) is -0.0297. The summed E-state index contributed by atoms with van der Waals surface area (Å²) >= 11 is 24.2. The molecule has 9 heteroatoms. The largest absolute Gasteiger partial charge is 0.321 e. The fraction of sp³-hybridized carbons (Fsp3) is 0.294. The van der Waals surface area contributed by atoms with Crippen LogP contribution in [0, 0.1) is 0 Å². The number of carbonyl (C=O) groups is 1. The molecule has 0 spiro atoms. The van der Waals surface area contributed by atoms with Crippen molar-refractivity contribution in [1.82, 2.24) is 10.3 Å². The summed E-state index contributed by atoms with van der Waals surface area (Å²) < 4.78 is 0. The summed E-state index contributed by atoms with van der Waals surface area (Å²) in [5.41, 5.74) is 2.01. The molecule has 1 aromatic carbocycles. The van der Waals surface area contributed by atoms with Crippen LogP contribution in [0.1, 0.15) is 34.7 Å². The quantitative estimate of drug-likeness (QED) is 0.310. The lowest BCUT2D eigenvalue weighted by molar-refractivity contribution is 0.102. The van der Waals surface area contributed by atoms with Crippen LogP contribution in [0.2, 0.25) is 5.15 Å². The molecule has 1 saturated heterocycles. The average Bonchev–Trinajstić information content (AvgIpc) is 2.65. The van der Waals surface area contributed by atoms with Gasteiger partial charge in [0.25, 0.3) is 5.91 Å². The van der Waals surface area contributed by atoms with Crippen LogP contribution in [0.5, 0.6) is 0 Å². The molecule has 138 valence electrons. The van der Waals surface area contributed by atoms with Crippen molar-refractivity contribution in [3.63, 3.8) is 0 Å². The Labute approximate surface area is 179 Å². The van der Waals surface area contributed by atoms with Gasteiger partial charge in [0.05, 0.1) is 5.69 Å². The zero-order valence-electron chi connectivity index (χ0n) is 13.7. The fourth-order valence-corrected chi connectivity index (χ4v) is 4.58. The average molecular weight is 444 g/mol. The molecule has 2 heterocycles. The summed E-state index contributed by atoms with van der Waals surface area (Å²) in [5, 5.41) is 6.59. The molecule has 0 unspecified atom stereocenters. The molecule has 0 aliphatic carbocycles. The van der Waals surface area contributed by atoms with Crippen molar-refractivity contribution in [2.75, 3.05) is 18.4 Å². The first-order chi connectivity index (χ1) is 12.4. The normalized spacial score (nSPS) is 15.1. The number of nitrogens with one attached hydrogen (secondary N) is 2. The Kier molecular flexibility index (Phi) is 6.74. The lowest BCUT2D eigenvalue weighted by atomic mass is 9.88. The molecule has 1 aliphatic rings. The SMILES string of the molecule is O=C(Nc1c(S)c(S)c(S)c(S)c1C1CCNCC1)c1ccnc(Cl)c1. The molecule has 1 aliphatic heterocycles. The van der Waals surface area contributed by atoms with E-state index in [0.29, 0.717) is 25.9 Å². The van der Waals surface area contributed by atoms with Crippen LogP contribution in [0.15, 0.2) is 37.9 Å². The lowest BCUT2D eigenvalue weighted by Crippen LogP contribution is -2.28. The number of halogens is 1. The molecule has 2 N–H and O–H groups in total. The smallest absolute Gasteiger partial charge is 0.255 e. The first-order valence-corrected chi connectivity index (χ1v) is 10.2. The van der Waals surface area contributed by atoms with Gasteiger partial charge in [-0.2, -0.15) is 0 Å². The third-order valence-electron chi connectivity index (χ3n) is 4.41. The van der Waals surface area contributed by atoms with Crippen LogP contribution in [0.25, 0.3) is 0 Å². The zero-order chi connectivity index (χ0) is 18.8. The first-order valence-electron chi connectivity index (χ1n) is 8.03. The number of piperidine rings is 1. The molecule has 1 fully saturated rings. The van der Waals surface area contributed by atoms with Gasteiger partial charge in [0.1, 0.15) is 5.15 Å². The van der Waals surface area contributed by atoms with Gasteiger partial charge in [0.2, 0.25) is 0 Å². The van der Waals surface area contributed by atoms with E-state index in [1.54, 1.807) is 6.07 Å². The van der Waals surface area contributed by atoms with Crippen molar-refractivity contribution < 1.29 is 4.79 Å². The lowest BCUT2D eigenvalue weighted by Gasteiger charge is -2.28. The van der Waals surface area contributed by atoms with Crippen LogP contribution in [0.3, 0.4) is 0 Å². The van der Waals surface area contributed by atoms with Gasteiger partial charge in [0, 0.05) is 31.3 Å². The van der Waals surface area contributed by atoms with Gasteiger partial charge in [0.15, 0.2) is 0 Å². The number of anilines is 1. The van der Waals surface area contributed by atoms with Crippen molar-refractivity contribution in [3.05, 3.63) is 34.6 Å². The fourth-order valence-electron chi connectivity index (χ4n) is 3.08. The molecule has 3 rings (SSSR count). The Morgan fingerprint density at radius 1 is 1.12 bits per heavy atom. The maximum atomic E-state index is 12.7. The second kappa shape index (κ2) is 8.67. The van der Waals surface area contributed by atoms with Gasteiger partial charge in [-0.15, -0.1) is 50.5 Å². The maximum Gasteiger partial charge on any atom is 0.255 e. The first kappa shape index (κ1) is 20.2.